The first-order chi connectivity index (χ1) is 12.0. The monoisotopic (exact) mass is 372 g/mol. The molecule has 9 heteroatoms. The van der Waals surface area contributed by atoms with Crippen molar-refractivity contribution < 1.29 is 18.3 Å². The van der Waals surface area contributed by atoms with Crippen molar-refractivity contribution >= 4 is 23.0 Å². The second-order valence-corrected chi connectivity index (χ2v) is 5.83. The molecule has 25 heavy (non-hydrogen) atoms. The van der Waals surface area contributed by atoms with Crippen molar-refractivity contribution in [3.63, 3.8) is 0 Å². The number of rotatable bonds is 7. The third kappa shape index (κ3) is 7.29. The van der Waals surface area contributed by atoms with Crippen molar-refractivity contribution in [1.82, 2.24) is 15.6 Å². The van der Waals surface area contributed by atoms with E-state index in [-0.39, 0.29) is 5.75 Å². The molecule has 0 bridgehead atoms. The van der Waals surface area contributed by atoms with Crippen LogP contribution in [0.5, 0.6) is 5.75 Å². The maximum Gasteiger partial charge on any atom is 0.387 e. The molecule has 0 aromatic heterocycles. The second kappa shape index (κ2) is 10.2. The summed E-state index contributed by atoms with van der Waals surface area (Å²) in [5.74, 6) is 0.0910. The first-order valence-electron chi connectivity index (χ1n) is 7.98. The Morgan fingerprint density at radius 1 is 1.40 bits per heavy atom. The fourth-order valence-electron chi connectivity index (χ4n) is 2.29. The van der Waals surface area contributed by atoms with Gasteiger partial charge in [-0.1, -0.05) is 12.1 Å². The van der Waals surface area contributed by atoms with Crippen molar-refractivity contribution in [1.29, 1.82) is 0 Å². The highest BCUT2D eigenvalue weighted by molar-refractivity contribution is 7.80. The fraction of sp³-hybridized carbons (Fsp3) is 0.500. The van der Waals surface area contributed by atoms with E-state index in [1.807, 2.05) is 0 Å². The summed E-state index contributed by atoms with van der Waals surface area (Å²) in [7, 11) is 0. The lowest BCUT2D eigenvalue weighted by Crippen LogP contribution is -2.42. The van der Waals surface area contributed by atoms with Crippen LogP contribution >= 0.6 is 12.2 Å². The van der Waals surface area contributed by atoms with Crippen molar-refractivity contribution in [3.8, 4) is 5.75 Å². The van der Waals surface area contributed by atoms with E-state index < -0.39 is 6.61 Å². The number of ether oxygens (including phenoxy) is 2. The molecule has 6 nitrogen and oxygen atoms in total. The topological polar surface area (TPSA) is 58.1 Å². The van der Waals surface area contributed by atoms with E-state index in [1.54, 1.807) is 19.1 Å². The SMILES string of the molecule is C/C(=N/NC(=S)NCCN1CCOCC1)c1cccc(OC(F)F)c1. The van der Waals surface area contributed by atoms with Crippen LogP contribution in [0.1, 0.15) is 12.5 Å². The molecule has 0 spiro atoms. The Hall–Kier alpha value is -1.84. The molecule has 1 aromatic rings. The molecule has 0 atom stereocenters. The molecule has 1 aliphatic rings. The van der Waals surface area contributed by atoms with E-state index in [4.69, 9.17) is 17.0 Å². The summed E-state index contributed by atoms with van der Waals surface area (Å²) in [5, 5.41) is 7.66. The molecule has 1 heterocycles. The Morgan fingerprint density at radius 2 is 2.16 bits per heavy atom. The maximum absolute atomic E-state index is 12.3. The number of thiocarbonyl (C=S) groups is 1. The summed E-state index contributed by atoms with van der Waals surface area (Å²) < 4.78 is 34.2. The normalized spacial score (nSPS) is 15.9. The lowest BCUT2D eigenvalue weighted by molar-refractivity contribution is -0.0498. The molecular formula is C16H22F2N4O2S. The Morgan fingerprint density at radius 3 is 2.88 bits per heavy atom. The molecular weight excluding hydrogens is 350 g/mol. The molecule has 0 unspecified atom stereocenters. The Labute approximate surface area is 151 Å². The Kier molecular flexibility index (Phi) is 7.96. The average molecular weight is 372 g/mol. The van der Waals surface area contributed by atoms with Gasteiger partial charge in [0.2, 0.25) is 0 Å². The van der Waals surface area contributed by atoms with E-state index in [9.17, 15) is 8.78 Å². The van der Waals surface area contributed by atoms with Crippen molar-refractivity contribution in [2.75, 3.05) is 39.4 Å². The molecule has 1 fully saturated rings. The summed E-state index contributed by atoms with van der Waals surface area (Å²) in [6.45, 7) is 3.87. The van der Waals surface area contributed by atoms with Gasteiger partial charge in [-0.2, -0.15) is 13.9 Å². The van der Waals surface area contributed by atoms with Gasteiger partial charge in [0.1, 0.15) is 5.75 Å². The van der Waals surface area contributed by atoms with Gasteiger partial charge in [0.05, 0.1) is 18.9 Å². The number of nitrogens with zero attached hydrogens (tertiary/aromatic N) is 2. The van der Waals surface area contributed by atoms with Gasteiger partial charge in [-0.3, -0.25) is 10.3 Å². The van der Waals surface area contributed by atoms with Crippen LogP contribution in [0.4, 0.5) is 8.78 Å². The second-order valence-electron chi connectivity index (χ2n) is 5.43. The van der Waals surface area contributed by atoms with E-state index >= 15 is 0 Å². The first-order valence-corrected chi connectivity index (χ1v) is 8.39. The lowest BCUT2D eigenvalue weighted by Gasteiger charge is -2.26. The Balaban J connectivity index is 1.76. The zero-order valence-electron chi connectivity index (χ0n) is 14.0. The zero-order valence-corrected chi connectivity index (χ0v) is 14.8. The van der Waals surface area contributed by atoms with Gasteiger partial charge in [-0.05, 0) is 31.3 Å². The van der Waals surface area contributed by atoms with Crippen LogP contribution in [0.25, 0.3) is 0 Å². The number of alkyl halides is 2. The van der Waals surface area contributed by atoms with E-state index in [0.717, 1.165) is 32.8 Å². The van der Waals surface area contributed by atoms with Gasteiger partial charge in [0.15, 0.2) is 5.11 Å². The third-order valence-corrected chi connectivity index (χ3v) is 3.86. The molecule has 138 valence electrons. The highest BCUT2D eigenvalue weighted by Gasteiger charge is 2.09. The summed E-state index contributed by atoms with van der Waals surface area (Å²) in [6, 6.07) is 6.36. The van der Waals surface area contributed by atoms with Gasteiger partial charge in [0.25, 0.3) is 0 Å². The molecule has 0 amide bonds. The predicted octanol–water partition coefficient (Wildman–Crippen LogP) is 1.81. The highest BCUT2D eigenvalue weighted by Crippen LogP contribution is 2.16. The van der Waals surface area contributed by atoms with Crippen molar-refractivity contribution in [2.24, 2.45) is 5.10 Å². The molecule has 1 saturated heterocycles. The molecule has 1 aliphatic heterocycles. The maximum atomic E-state index is 12.3. The summed E-state index contributed by atoms with van der Waals surface area (Å²) in [6.07, 6.45) is 0. The number of morpholine rings is 1. The average Bonchev–Trinajstić information content (AvgIpc) is 2.60. The summed E-state index contributed by atoms with van der Waals surface area (Å²) >= 11 is 5.18. The highest BCUT2D eigenvalue weighted by atomic mass is 32.1. The molecule has 0 saturated carbocycles. The number of nitrogens with one attached hydrogen (secondary N) is 2. The molecule has 0 aliphatic carbocycles. The van der Waals surface area contributed by atoms with Crippen LogP contribution in [0.3, 0.4) is 0 Å². The van der Waals surface area contributed by atoms with E-state index in [0.29, 0.717) is 22.9 Å². The molecule has 2 N–H and O–H groups in total. The minimum atomic E-state index is -2.85. The zero-order chi connectivity index (χ0) is 18.1. The lowest BCUT2D eigenvalue weighted by atomic mass is 10.1. The van der Waals surface area contributed by atoms with Crippen LogP contribution in [0, 0.1) is 0 Å². The van der Waals surface area contributed by atoms with Crippen LogP contribution in [0.2, 0.25) is 0 Å². The number of hydrogen-bond donors (Lipinski definition) is 2. The number of hydrogen-bond acceptors (Lipinski definition) is 5. The number of benzene rings is 1. The summed E-state index contributed by atoms with van der Waals surface area (Å²) in [5.41, 5.74) is 4.03. The smallest absolute Gasteiger partial charge is 0.387 e. The van der Waals surface area contributed by atoms with Gasteiger partial charge in [-0.25, -0.2) is 0 Å². The van der Waals surface area contributed by atoms with Gasteiger partial charge >= 0.3 is 6.61 Å². The third-order valence-electron chi connectivity index (χ3n) is 3.62. The predicted molar refractivity (Wildman–Crippen MR) is 96.3 cm³/mol. The van der Waals surface area contributed by atoms with Crippen molar-refractivity contribution in [3.05, 3.63) is 29.8 Å². The van der Waals surface area contributed by atoms with Crippen LogP contribution in [0.15, 0.2) is 29.4 Å². The largest absolute Gasteiger partial charge is 0.435 e. The minimum Gasteiger partial charge on any atom is -0.435 e. The number of hydrazone groups is 1. The van der Waals surface area contributed by atoms with Crippen molar-refractivity contribution in [2.45, 2.75) is 13.5 Å². The molecule has 2 rings (SSSR count). The van der Waals surface area contributed by atoms with Gasteiger partial charge in [-0.15, -0.1) is 0 Å². The standard InChI is InChI=1S/C16H22F2N4O2S/c1-12(13-3-2-4-14(11-13)24-15(17)18)20-21-16(25)19-5-6-22-7-9-23-10-8-22/h2-4,11,15H,5-10H2,1H3,(H2,19,21,25)/b20-12-. The number of halogens is 2. The van der Waals surface area contributed by atoms with Crippen LogP contribution < -0.4 is 15.5 Å². The van der Waals surface area contributed by atoms with E-state index in [1.165, 1.54) is 12.1 Å². The molecule has 1 aromatic carbocycles. The first kappa shape index (κ1) is 19.5. The quantitative estimate of drug-likeness (QED) is 0.433. The summed E-state index contributed by atoms with van der Waals surface area (Å²) in [4.78, 5) is 2.29. The van der Waals surface area contributed by atoms with Gasteiger partial charge in [0, 0.05) is 31.7 Å². The molecule has 0 radical (unpaired) electrons. The van der Waals surface area contributed by atoms with Crippen LogP contribution in [-0.4, -0.2) is 61.7 Å². The van der Waals surface area contributed by atoms with Crippen LogP contribution in [-0.2, 0) is 4.74 Å². The van der Waals surface area contributed by atoms with E-state index in [2.05, 4.69) is 25.5 Å². The van der Waals surface area contributed by atoms with Gasteiger partial charge < -0.3 is 14.8 Å². The minimum absolute atomic E-state index is 0.0910. The Bertz CT molecular complexity index is 595. The fourth-order valence-corrected chi connectivity index (χ4v) is 2.44.